The Balaban J connectivity index is 0.000000671. The van der Waals surface area contributed by atoms with Crippen molar-refractivity contribution < 1.29 is 0 Å². The maximum absolute atomic E-state index is 2.49. The van der Waals surface area contributed by atoms with Crippen LogP contribution in [0.3, 0.4) is 0 Å². The van der Waals surface area contributed by atoms with E-state index in [4.69, 9.17) is 0 Å². The van der Waals surface area contributed by atoms with E-state index in [9.17, 15) is 0 Å². The summed E-state index contributed by atoms with van der Waals surface area (Å²) < 4.78 is 2.49. The summed E-state index contributed by atoms with van der Waals surface area (Å²) in [5.74, 6) is 2.34. The van der Waals surface area contributed by atoms with Crippen LogP contribution in [0, 0.1) is 18.8 Å². The Morgan fingerprint density at radius 1 is 0.688 bits per heavy atom. The van der Waals surface area contributed by atoms with E-state index in [1.807, 2.05) is 13.8 Å². The number of fused-ring (bicyclic) bond motifs is 3. The molecule has 0 spiro atoms. The Bertz CT molecular complexity index is 886. The molecule has 0 fully saturated rings. The average Bonchev–Trinajstić information content (AvgIpc) is 3.11. The van der Waals surface area contributed by atoms with E-state index in [1.165, 1.54) is 45.8 Å². The normalized spacial score (nSPS) is 10.8. The predicted octanol–water partition coefficient (Wildman–Crippen LogP) is 10.9. The highest BCUT2D eigenvalue weighted by molar-refractivity contribution is 6.09. The summed E-state index contributed by atoms with van der Waals surface area (Å²) in [6.45, 7) is 28.7. The highest BCUT2D eigenvalue weighted by Crippen LogP contribution is 2.36. The summed E-state index contributed by atoms with van der Waals surface area (Å²) in [4.78, 5) is 0. The van der Waals surface area contributed by atoms with Crippen molar-refractivity contribution in [2.75, 3.05) is 0 Å². The SMILES string of the molecule is CC.CCC(C)C.CCC(C)C.Cc1c(C(C)C)ccc2c3ccccc3n(C(C)C)c12. The fourth-order valence-electron chi connectivity index (χ4n) is 3.44. The molecule has 32 heavy (non-hydrogen) atoms. The second kappa shape index (κ2) is 15.1. The van der Waals surface area contributed by atoms with Crippen molar-refractivity contribution in [3.63, 3.8) is 0 Å². The van der Waals surface area contributed by atoms with E-state index < -0.39 is 0 Å². The van der Waals surface area contributed by atoms with Crippen LogP contribution in [0.4, 0.5) is 0 Å². The first-order valence-corrected chi connectivity index (χ1v) is 13.1. The number of aryl methyl sites for hydroxylation is 1. The van der Waals surface area contributed by atoms with Gasteiger partial charge in [-0.15, -0.1) is 0 Å². The van der Waals surface area contributed by atoms with Crippen LogP contribution in [0.25, 0.3) is 21.8 Å². The Labute approximate surface area is 200 Å². The fraction of sp³-hybridized carbons (Fsp3) is 0.613. The number of para-hydroxylation sites is 1. The molecule has 0 bridgehead atoms. The first kappa shape index (κ1) is 30.2. The van der Waals surface area contributed by atoms with Crippen molar-refractivity contribution in [1.82, 2.24) is 4.57 Å². The van der Waals surface area contributed by atoms with Crippen molar-refractivity contribution in [3.05, 3.63) is 47.5 Å². The molecule has 2 aromatic carbocycles. The largest absolute Gasteiger partial charge is 0.338 e. The summed E-state index contributed by atoms with van der Waals surface area (Å²) in [6.07, 6.45) is 2.61. The van der Waals surface area contributed by atoms with Crippen LogP contribution in [0.2, 0.25) is 0 Å². The highest BCUT2D eigenvalue weighted by atomic mass is 15.0. The minimum Gasteiger partial charge on any atom is -0.338 e. The molecule has 3 aromatic rings. The predicted molar refractivity (Wildman–Crippen MR) is 150 cm³/mol. The molecular weight excluding hydrogens is 386 g/mol. The molecule has 1 heteroatoms. The molecule has 0 aliphatic carbocycles. The molecule has 182 valence electrons. The first-order chi connectivity index (χ1) is 15.1. The van der Waals surface area contributed by atoms with E-state index in [-0.39, 0.29) is 0 Å². The smallest absolute Gasteiger partial charge is 0.0526 e. The minimum absolute atomic E-state index is 0.471. The summed E-state index contributed by atoms with van der Waals surface area (Å²) in [5, 5.41) is 2.76. The number of hydrogen-bond donors (Lipinski definition) is 0. The third-order valence-electron chi connectivity index (χ3n) is 5.94. The number of rotatable bonds is 4. The van der Waals surface area contributed by atoms with Crippen molar-refractivity contribution in [2.24, 2.45) is 11.8 Å². The van der Waals surface area contributed by atoms with E-state index in [1.54, 1.807) is 0 Å². The van der Waals surface area contributed by atoms with Gasteiger partial charge < -0.3 is 4.57 Å². The van der Waals surface area contributed by atoms with Gasteiger partial charge in [0.1, 0.15) is 0 Å². The second-order valence-electron chi connectivity index (χ2n) is 9.92. The van der Waals surface area contributed by atoms with Gasteiger partial charge in [-0.2, -0.15) is 0 Å². The van der Waals surface area contributed by atoms with Gasteiger partial charge in [0.2, 0.25) is 0 Å². The van der Waals surface area contributed by atoms with Gasteiger partial charge in [0.05, 0.1) is 5.52 Å². The summed E-state index contributed by atoms with van der Waals surface area (Å²) in [5.41, 5.74) is 5.65. The van der Waals surface area contributed by atoms with Crippen molar-refractivity contribution in [3.8, 4) is 0 Å². The lowest BCUT2D eigenvalue weighted by molar-refractivity contribution is 0.626. The summed E-state index contributed by atoms with van der Waals surface area (Å²) >= 11 is 0. The van der Waals surface area contributed by atoms with Crippen LogP contribution in [0.5, 0.6) is 0 Å². The van der Waals surface area contributed by atoms with Crippen LogP contribution < -0.4 is 0 Å². The van der Waals surface area contributed by atoms with Crippen LogP contribution >= 0.6 is 0 Å². The molecular formula is C31H53N. The lowest BCUT2D eigenvalue weighted by atomic mass is 9.95. The lowest BCUT2D eigenvalue weighted by Crippen LogP contribution is -2.03. The monoisotopic (exact) mass is 439 g/mol. The van der Waals surface area contributed by atoms with Gasteiger partial charge in [-0.1, -0.05) is 112 Å². The molecule has 0 aliphatic rings. The molecule has 0 radical (unpaired) electrons. The minimum atomic E-state index is 0.471. The van der Waals surface area contributed by atoms with Crippen molar-refractivity contribution in [2.45, 2.75) is 115 Å². The molecule has 0 atom stereocenters. The molecule has 1 aromatic heterocycles. The van der Waals surface area contributed by atoms with E-state index >= 15 is 0 Å². The molecule has 0 unspecified atom stereocenters. The van der Waals surface area contributed by atoms with Gasteiger partial charge in [0, 0.05) is 22.3 Å². The van der Waals surface area contributed by atoms with Crippen LogP contribution in [0.1, 0.15) is 119 Å². The molecule has 0 N–H and O–H groups in total. The summed E-state index contributed by atoms with van der Waals surface area (Å²) in [6, 6.07) is 13.8. The number of benzene rings is 2. The maximum atomic E-state index is 2.49. The molecule has 0 saturated heterocycles. The van der Waals surface area contributed by atoms with Gasteiger partial charge in [-0.3, -0.25) is 0 Å². The Kier molecular flexibility index (Phi) is 14.3. The molecule has 0 amide bonds. The molecule has 1 nitrogen and oxygen atoms in total. The Morgan fingerprint density at radius 2 is 1.16 bits per heavy atom. The lowest BCUT2D eigenvalue weighted by Gasteiger charge is -2.16. The first-order valence-electron chi connectivity index (χ1n) is 13.1. The van der Waals surface area contributed by atoms with E-state index in [0.717, 1.165) is 11.8 Å². The quantitative estimate of drug-likeness (QED) is 0.381. The van der Waals surface area contributed by atoms with Crippen LogP contribution in [-0.2, 0) is 0 Å². The zero-order chi connectivity index (χ0) is 25.0. The Hall–Kier alpha value is -1.76. The zero-order valence-corrected chi connectivity index (χ0v) is 23.6. The topological polar surface area (TPSA) is 4.93 Å². The van der Waals surface area contributed by atoms with Gasteiger partial charge in [-0.05, 0) is 55.7 Å². The standard InChI is InChI=1S/C19H23N.2C5H12.C2H6/c1-12(2)15-10-11-17-16-8-6-7-9-18(16)20(13(3)4)19(17)14(15)5;2*1-4-5(2)3;1-2/h6-13H,1-5H3;2*5H,4H2,1-3H3;1-2H3. The van der Waals surface area contributed by atoms with Gasteiger partial charge in [-0.25, -0.2) is 0 Å². The van der Waals surface area contributed by atoms with Crippen LogP contribution in [-0.4, -0.2) is 4.57 Å². The van der Waals surface area contributed by atoms with E-state index in [2.05, 4.69) is 117 Å². The van der Waals surface area contributed by atoms with Gasteiger partial charge in [0.15, 0.2) is 0 Å². The van der Waals surface area contributed by atoms with Gasteiger partial charge >= 0.3 is 0 Å². The maximum Gasteiger partial charge on any atom is 0.0526 e. The van der Waals surface area contributed by atoms with Crippen molar-refractivity contribution in [1.29, 1.82) is 0 Å². The van der Waals surface area contributed by atoms with Gasteiger partial charge in [0.25, 0.3) is 0 Å². The molecule has 0 aliphatic heterocycles. The summed E-state index contributed by atoms with van der Waals surface area (Å²) in [7, 11) is 0. The fourth-order valence-corrected chi connectivity index (χ4v) is 3.44. The number of hydrogen-bond acceptors (Lipinski definition) is 0. The average molecular weight is 440 g/mol. The number of nitrogens with zero attached hydrogens (tertiary/aromatic N) is 1. The van der Waals surface area contributed by atoms with Crippen LogP contribution in [0.15, 0.2) is 36.4 Å². The molecule has 3 rings (SSSR count). The third-order valence-corrected chi connectivity index (χ3v) is 5.94. The number of aromatic nitrogens is 1. The highest BCUT2D eigenvalue weighted by Gasteiger charge is 2.16. The zero-order valence-electron chi connectivity index (χ0n) is 23.6. The van der Waals surface area contributed by atoms with E-state index in [0.29, 0.717) is 12.0 Å². The third kappa shape index (κ3) is 8.30. The van der Waals surface area contributed by atoms with Crippen molar-refractivity contribution >= 4 is 21.8 Å². The Morgan fingerprint density at radius 3 is 1.56 bits per heavy atom. The second-order valence-corrected chi connectivity index (χ2v) is 9.92. The molecule has 0 saturated carbocycles. The molecule has 1 heterocycles.